The van der Waals surface area contributed by atoms with Gasteiger partial charge in [-0.05, 0) is 47.0 Å². The van der Waals surface area contributed by atoms with Gasteiger partial charge in [-0.25, -0.2) is 5.43 Å². The highest BCUT2D eigenvalue weighted by atomic mass is 79.9. The van der Waals surface area contributed by atoms with Crippen molar-refractivity contribution in [3.8, 4) is 11.5 Å². The fourth-order valence-electron chi connectivity index (χ4n) is 3.83. The van der Waals surface area contributed by atoms with E-state index in [0.717, 1.165) is 15.6 Å². The van der Waals surface area contributed by atoms with Crippen molar-refractivity contribution in [3.63, 3.8) is 0 Å². The zero-order valence-corrected chi connectivity index (χ0v) is 22.4. The molecule has 37 heavy (non-hydrogen) atoms. The van der Waals surface area contributed by atoms with Crippen LogP contribution in [0.2, 0.25) is 0 Å². The van der Waals surface area contributed by atoms with Crippen molar-refractivity contribution >= 4 is 28.1 Å². The van der Waals surface area contributed by atoms with Crippen LogP contribution in [0.3, 0.4) is 0 Å². The minimum Gasteiger partial charge on any atom is -0.488 e. The van der Waals surface area contributed by atoms with Crippen molar-refractivity contribution in [2.75, 3.05) is 6.61 Å². The Hall–Kier alpha value is -3.90. The van der Waals surface area contributed by atoms with Crippen molar-refractivity contribution < 1.29 is 14.3 Å². The van der Waals surface area contributed by atoms with Crippen LogP contribution in [0, 0.1) is 0 Å². The van der Waals surface area contributed by atoms with Gasteiger partial charge in [0, 0.05) is 15.5 Å². The fourth-order valence-corrected chi connectivity index (χ4v) is 4.21. The van der Waals surface area contributed by atoms with Crippen LogP contribution in [0.1, 0.15) is 36.1 Å². The molecule has 5 nitrogen and oxygen atoms in total. The Labute approximate surface area is 226 Å². The highest BCUT2D eigenvalue weighted by molar-refractivity contribution is 9.10. The molecule has 0 saturated heterocycles. The SMILES string of the molecule is CC(C)(c1ccccc1)c1ccc(OCC(=O)NN=Cc2cc(Br)ccc2OCc2ccccc2)cc1. The lowest BCUT2D eigenvalue weighted by molar-refractivity contribution is -0.123. The summed E-state index contributed by atoms with van der Waals surface area (Å²) in [5, 5.41) is 4.09. The van der Waals surface area contributed by atoms with Gasteiger partial charge in [0.15, 0.2) is 6.61 Å². The standard InChI is InChI=1S/C31H29BrN2O3/c1-31(2,25-11-7-4-8-12-25)26-13-16-28(17-14-26)36-22-30(35)34-33-20-24-19-27(32)15-18-29(24)37-21-23-9-5-3-6-10-23/h3-20H,21-22H2,1-2H3,(H,34,35). The molecule has 6 heteroatoms. The number of ether oxygens (including phenoxy) is 2. The molecule has 4 aromatic carbocycles. The van der Waals surface area contributed by atoms with Gasteiger partial charge in [0.05, 0.1) is 6.21 Å². The first-order valence-electron chi connectivity index (χ1n) is 12.0. The van der Waals surface area contributed by atoms with Crippen LogP contribution in [-0.4, -0.2) is 18.7 Å². The van der Waals surface area contributed by atoms with E-state index in [1.807, 2.05) is 91.0 Å². The third-order valence-electron chi connectivity index (χ3n) is 6.04. The number of hydrogen-bond donors (Lipinski definition) is 1. The monoisotopic (exact) mass is 556 g/mol. The molecular formula is C31H29BrN2O3. The van der Waals surface area contributed by atoms with Crippen molar-refractivity contribution in [1.29, 1.82) is 0 Å². The number of halogens is 1. The van der Waals surface area contributed by atoms with Gasteiger partial charge in [-0.1, -0.05) is 103 Å². The van der Waals surface area contributed by atoms with Crippen LogP contribution in [0.25, 0.3) is 0 Å². The van der Waals surface area contributed by atoms with E-state index in [0.29, 0.717) is 18.1 Å². The molecule has 188 valence electrons. The highest BCUT2D eigenvalue weighted by Gasteiger charge is 2.22. The molecule has 1 amide bonds. The number of hydrogen-bond acceptors (Lipinski definition) is 4. The lowest BCUT2D eigenvalue weighted by Crippen LogP contribution is -2.24. The molecular weight excluding hydrogens is 528 g/mol. The molecule has 4 rings (SSSR count). The van der Waals surface area contributed by atoms with Crippen LogP contribution in [0.4, 0.5) is 0 Å². The first-order valence-corrected chi connectivity index (χ1v) is 12.8. The summed E-state index contributed by atoms with van der Waals surface area (Å²) in [6.45, 7) is 4.67. The molecule has 0 bridgehead atoms. The minimum absolute atomic E-state index is 0.137. The molecule has 0 spiro atoms. The number of carbonyl (C=O) groups excluding carboxylic acids is 1. The summed E-state index contributed by atoms with van der Waals surface area (Å²) in [6.07, 6.45) is 1.56. The molecule has 0 radical (unpaired) electrons. The van der Waals surface area contributed by atoms with Gasteiger partial charge in [-0.2, -0.15) is 5.10 Å². The van der Waals surface area contributed by atoms with Gasteiger partial charge in [-0.15, -0.1) is 0 Å². The van der Waals surface area contributed by atoms with Gasteiger partial charge >= 0.3 is 0 Å². The lowest BCUT2D eigenvalue weighted by atomic mass is 9.78. The normalized spacial score (nSPS) is 11.3. The van der Waals surface area contributed by atoms with Crippen LogP contribution >= 0.6 is 15.9 Å². The summed E-state index contributed by atoms with van der Waals surface area (Å²) >= 11 is 3.47. The van der Waals surface area contributed by atoms with E-state index in [1.165, 1.54) is 11.1 Å². The molecule has 0 saturated carbocycles. The summed E-state index contributed by atoms with van der Waals surface area (Å²) in [6, 6.07) is 33.8. The van der Waals surface area contributed by atoms with Gasteiger partial charge in [0.1, 0.15) is 18.1 Å². The van der Waals surface area contributed by atoms with Crippen molar-refractivity contribution in [1.82, 2.24) is 5.43 Å². The Morgan fingerprint density at radius 1 is 0.865 bits per heavy atom. The van der Waals surface area contributed by atoms with Crippen LogP contribution in [0.5, 0.6) is 11.5 Å². The van der Waals surface area contributed by atoms with E-state index in [4.69, 9.17) is 9.47 Å². The predicted molar refractivity (Wildman–Crippen MR) is 151 cm³/mol. The van der Waals surface area contributed by atoms with Crippen LogP contribution in [0.15, 0.2) is 113 Å². The Bertz CT molecular complexity index is 1340. The molecule has 0 aliphatic heterocycles. The molecule has 0 aliphatic rings. The Balaban J connectivity index is 1.30. The highest BCUT2D eigenvalue weighted by Crippen LogP contribution is 2.32. The average Bonchev–Trinajstić information content (AvgIpc) is 2.93. The Morgan fingerprint density at radius 3 is 2.22 bits per heavy atom. The number of nitrogens with one attached hydrogen (secondary N) is 1. The predicted octanol–water partition coefficient (Wildman–Crippen LogP) is 6.88. The van der Waals surface area contributed by atoms with Crippen LogP contribution in [-0.2, 0) is 16.8 Å². The maximum Gasteiger partial charge on any atom is 0.277 e. The molecule has 0 heterocycles. The van der Waals surface area contributed by atoms with Gasteiger partial charge in [0.2, 0.25) is 0 Å². The number of rotatable bonds is 10. The maximum absolute atomic E-state index is 12.3. The number of carbonyl (C=O) groups is 1. The smallest absolute Gasteiger partial charge is 0.277 e. The largest absolute Gasteiger partial charge is 0.488 e. The molecule has 1 N–H and O–H groups in total. The molecule has 0 fully saturated rings. The number of hydrazone groups is 1. The summed E-state index contributed by atoms with van der Waals surface area (Å²) < 4.78 is 12.5. The van der Waals surface area contributed by atoms with E-state index in [-0.39, 0.29) is 17.9 Å². The topological polar surface area (TPSA) is 59.9 Å². The van der Waals surface area contributed by atoms with Gasteiger partial charge < -0.3 is 9.47 Å². The summed E-state index contributed by atoms with van der Waals surface area (Å²) in [7, 11) is 0. The van der Waals surface area contributed by atoms with E-state index in [1.54, 1.807) is 6.21 Å². The second-order valence-electron chi connectivity index (χ2n) is 9.05. The average molecular weight is 557 g/mol. The molecule has 0 aromatic heterocycles. The van der Waals surface area contributed by atoms with Crippen molar-refractivity contribution in [2.45, 2.75) is 25.9 Å². The second kappa shape index (κ2) is 12.4. The lowest BCUT2D eigenvalue weighted by Gasteiger charge is -2.26. The molecule has 0 unspecified atom stereocenters. The zero-order chi connectivity index (χ0) is 26.1. The molecule has 0 aliphatic carbocycles. The zero-order valence-electron chi connectivity index (χ0n) is 20.9. The first kappa shape index (κ1) is 26.2. The molecule has 0 atom stereocenters. The van der Waals surface area contributed by atoms with Gasteiger partial charge in [-0.3, -0.25) is 4.79 Å². The Kier molecular flexibility index (Phi) is 8.75. The van der Waals surface area contributed by atoms with Gasteiger partial charge in [0.25, 0.3) is 5.91 Å². The quantitative estimate of drug-likeness (QED) is 0.171. The van der Waals surface area contributed by atoms with Crippen molar-refractivity contribution in [3.05, 3.63) is 130 Å². The fraction of sp³-hybridized carbons (Fsp3) is 0.161. The van der Waals surface area contributed by atoms with Crippen LogP contribution < -0.4 is 14.9 Å². The van der Waals surface area contributed by atoms with E-state index in [2.05, 4.69) is 52.4 Å². The number of amides is 1. The third-order valence-corrected chi connectivity index (χ3v) is 6.54. The minimum atomic E-state index is -0.355. The first-order chi connectivity index (χ1) is 17.9. The second-order valence-corrected chi connectivity index (χ2v) is 9.97. The Morgan fingerprint density at radius 2 is 1.51 bits per heavy atom. The third kappa shape index (κ3) is 7.30. The number of benzene rings is 4. The summed E-state index contributed by atoms with van der Waals surface area (Å²) in [4.78, 5) is 12.3. The van der Waals surface area contributed by atoms with E-state index in [9.17, 15) is 4.79 Å². The maximum atomic E-state index is 12.3. The number of nitrogens with zero attached hydrogens (tertiary/aromatic N) is 1. The summed E-state index contributed by atoms with van der Waals surface area (Å²) in [5.41, 5.74) is 6.58. The molecule has 4 aromatic rings. The van der Waals surface area contributed by atoms with Crippen molar-refractivity contribution in [2.24, 2.45) is 5.10 Å². The van der Waals surface area contributed by atoms with E-state index < -0.39 is 0 Å². The van der Waals surface area contributed by atoms with E-state index >= 15 is 0 Å². The summed E-state index contributed by atoms with van der Waals surface area (Å²) in [5.74, 6) is 0.932.